The number of amides is 1. The van der Waals surface area contributed by atoms with Gasteiger partial charge in [-0.15, -0.1) is 0 Å². The summed E-state index contributed by atoms with van der Waals surface area (Å²) in [5, 5.41) is 6.26. The SMILES string of the molecule is O=C1COc2cc(S(=O)(=O)NCC3=NOCC3)c(Cl)cc2N1. The number of ether oxygens (including phenoxy) is 1. The summed E-state index contributed by atoms with van der Waals surface area (Å²) in [6, 6.07) is 2.63. The van der Waals surface area contributed by atoms with Gasteiger partial charge in [-0.05, 0) is 6.07 Å². The number of fused-ring (bicyclic) bond motifs is 1. The second-order valence-corrected chi connectivity index (χ2v) is 6.82. The molecule has 0 spiro atoms. The van der Waals surface area contributed by atoms with E-state index in [1.54, 1.807) is 0 Å². The van der Waals surface area contributed by atoms with Crippen molar-refractivity contribution in [3.63, 3.8) is 0 Å². The number of anilines is 1. The van der Waals surface area contributed by atoms with E-state index in [-0.39, 0.29) is 34.7 Å². The lowest BCUT2D eigenvalue weighted by Crippen LogP contribution is -2.30. The fraction of sp³-hybridized carbons (Fsp3) is 0.333. The Morgan fingerprint density at radius 1 is 1.41 bits per heavy atom. The first-order valence-electron chi connectivity index (χ1n) is 6.39. The van der Waals surface area contributed by atoms with Gasteiger partial charge in [0.25, 0.3) is 5.91 Å². The summed E-state index contributed by atoms with van der Waals surface area (Å²) in [5.41, 5.74) is 0.954. The largest absolute Gasteiger partial charge is 0.482 e. The number of halogens is 1. The standard InChI is InChI=1S/C12H12ClN3O5S/c13-8-3-9-10(20-6-12(17)15-9)4-11(8)22(18,19)14-5-7-1-2-21-16-7/h3-4,14H,1-2,5-6H2,(H,15,17). The van der Waals surface area contributed by atoms with Crippen molar-refractivity contribution >= 4 is 38.9 Å². The van der Waals surface area contributed by atoms with Crippen LogP contribution in [0.5, 0.6) is 5.75 Å². The Kier molecular flexibility index (Phi) is 3.94. The number of rotatable bonds is 4. The summed E-state index contributed by atoms with van der Waals surface area (Å²) in [7, 11) is -3.84. The molecule has 0 bridgehead atoms. The monoisotopic (exact) mass is 345 g/mol. The van der Waals surface area contributed by atoms with E-state index in [0.717, 1.165) is 0 Å². The third-order valence-corrected chi connectivity index (χ3v) is 4.96. The number of nitrogens with one attached hydrogen (secondary N) is 2. The number of hydrogen-bond donors (Lipinski definition) is 2. The molecule has 118 valence electrons. The summed E-state index contributed by atoms with van der Waals surface area (Å²) >= 11 is 6.01. The minimum Gasteiger partial charge on any atom is -0.482 e. The van der Waals surface area contributed by atoms with Crippen LogP contribution in [-0.4, -0.2) is 39.8 Å². The minimum atomic E-state index is -3.84. The van der Waals surface area contributed by atoms with E-state index in [1.165, 1.54) is 12.1 Å². The summed E-state index contributed by atoms with van der Waals surface area (Å²) < 4.78 is 32.3. The van der Waals surface area contributed by atoms with Gasteiger partial charge in [-0.25, -0.2) is 13.1 Å². The van der Waals surface area contributed by atoms with Crippen molar-refractivity contribution < 1.29 is 22.8 Å². The van der Waals surface area contributed by atoms with Crippen molar-refractivity contribution in [1.82, 2.24) is 4.72 Å². The van der Waals surface area contributed by atoms with Gasteiger partial charge >= 0.3 is 0 Å². The van der Waals surface area contributed by atoms with Crippen LogP contribution in [0, 0.1) is 0 Å². The Bertz CT molecular complexity index is 762. The zero-order valence-corrected chi connectivity index (χ0v) is 12.8. The van der Waals surface area contributed by atoms with Crippen LogP contribution in [0.1, 0.15) is 6.42 Å². The van der Waals surface area contributed by atoms with Crippen LogP contribution in [0.3, 0.4) is 0 Å². The highest BCUT2D eigenvalue weighted by Gasteiger charge is 2.25. The lowest BCUT2D eigenvalue weighted by Gasteiger charge is -2.19. The lowest BCUT2D eigenvalue weighted by molar-refractivity contribution is -0.118. The lowest BCUT2D eigenvalue weighted by atomic mass is 10.2. The van der Waals surface area contributed by atoms with E-state index < -0.39 is 10.0 Å². The molecule has 0 unspecified atom stereocenters. The normalized spacial score (nSPS) is 17.1. The molecular formula is C12H12ClN3O5S. The van der Waals surface area contributed by atoms with E-state index in [9.17, 15) is 13.2 Å². The van der Waals surface area contributed by atoms with E-state index in [2.05, 4.69) is 15.2 Å². The van der Waals surface area contributed by atoms with Crippen molar-refractivity contribution in [3.8, 4) is 5.75 Å². The third kappa shape index (κ3) is 3.01. The highest BCUT2D eigenvalue weighted by molar-refractivity contribution is 7.89. The minimum absolute atomic E-state index is 0.0124. The second-order valence-electron chi connectivity index (χ2n) is 4.68. The van der Waals surface area contributed by atoms with Gasteiger partial charge in [0.2, 0.25) is 10.0 Å². The van der Waals surface area contributed by atoms with Crippen molar-refractivity contribution in [1.29, 1.82) is 0 Å². The van der Waals surface area contributed by atoms with Crippen LogP contribution in [0.15, 0.2) is 22.2 Å². The van der Waals surface area contributed by atoms with Crippen LogP contribution in [0.2, 0.25) is 5.02 Å². The summed E-state index contributed by atoms with van der Waals surface area (Å²) in [6.07, 6.45) is 0.579. The molecule has 0 saturated carbocycles. The van der Waals surface area contributed by atoms with Crippen LogP contribution < -0.4 is 14.8 Å². The molecule has 1 aromatic carbocycles. The molecule has 2 heterocycles. The molecule has 0 saturated heterocycles. The fourth-order valence-corrected chi connectivity index (χ4v) is 3.57. The third-order valence-electron chi connectivity index (χ3n) is 3.10. The van der Waals surface area contributed by atoms with Gasteiger partial charge in [-0.1, -0.05) is 16.8 Å². The highest BCUT2D eigenvalue weighted by Crippen LogP contribution is 2.35. The Balaban J connectivity index is 1.85. The quantitative estimate of drug-likeness (QED) is 0.836. The fourth-order valence-electron chi connectivity index (χ4n) is 2.01. The smallest absolute Gasteiger partial charge is 0.262 e. The van der Waals surface area contributed by atoms with Crippen molar-refractivity contribution in [2.75, 3.05) is 25.1 Å². The van der Waals surface area contributed by atoms with E-state index in [0.29, 0.717) is 24.4 Å². The molecule has 1 aromatic rings. The number of oxime groups is 1. The highest BCUT2D eigenvalue weighted by atomic mass is 35.5. The van der Waals surface area contributed by atoms with Gasteiger partial charge in [0, 0.05) is 12.5 Å². The topological polar surface area (TPSA) is 106 Å². The van der Waals surface area contributed by atoms with Crippen molar-refractivity contribution in [3.05, 3.63) is 17.2 Å². The van der Waals surface area contributed by atoms with E-state index in [1.807, 2.05) is 0 Å². The molecule has 0 fully saturated rings. The number of carbonyl (C=O) groups excluding carboxylic acids is 1. The maximum Gasteiger partial charge on any atom is 0.262 e. The molecular weight excluding hydrogens is 334 g/mol. The first-order chi connectivity index (χ1) is 10.5. The Morgan fingerprint density at radius 3 is 2.95 bits per heavy atom. The van der Waals surface area contributed by atoms with Gasteiger partial charge < -0.3 is 14.9 Å². The number of hydrogen-bond acceptors (Lipinski definition) is 6. The summed E-state index contributed by atoms with van der Waals surface area (Å²) in [6.45, 7) is 0.327. The average Bonchev–Trinajstić information content (AvgIpc) is 2.97. The van der Waals surface area contributed by atoms with Gasteiger partial charge in [0.05, 0.1) is 23.0 Å². The molecule has 3 rings (SSSR count). The summed E-state index contributed by atoms with van der Waals surface area (Å²) in [5.74, 6) is -0.0672. The molecule has 0 radical (unpaired) electrons. The zero-order chi connectivity index (χ0) is 15.7. The van der Waals surface area contributed by atoms with E-state index in [4.69, 9.17) is 21.2 Å². The predicted molar refractivity (Wildman–Crippen MR) is 78.8 cm³/mol. The van der Waals surface area contributed by atoms with Crippen LogP contribution >= 0.6 is 11.6 Å². The molecule has 2 N–H and O–H groups in total. The maximum atomic E-state index is 12.3. The molecule has 2 aliphatic heterocycles. The number of carbonyl (C=O) groups is 1. The van der Waals surface area contributed by atoms with Crippen molar-refractivity contribution in [2.45, 2.75) is 11.3 Å². The Labute approximate surface area is 131 Å². The van der Waals surface area contributed by atoms with Gasteiger partial charge in [-0.3, -0.25) is 4.79 Å². The molecule has 0 aliphatic carbocycles. The molecule has 2 aliphatic rings. The van der Waals surface area contributed by atoms with Crippen LogP contribution in [0.4, 0.5) is 5.69 Å². The molecule has 10 heteroatoms. The summed E-state index contributed by atoms with van der Waals surface area (Å²) in [4.78, 5) is 15.9. The van der Waals surface area contributed by atoms with Gasteiger partial charge in [0.1, 0.15) is 17.3 Å². The first-order valence-corrected chi connectivity index (χ1v) is 8.25. The molecule has 0 aromatic heterocycles. The first kappa shape index (κ1) is 15.1. The number of sulfonamides is 1. The van der Waals surface area contributed by atoms with Crippen molar-refractivity contribution in [2.24, 2.45) is 5.16 Å². The van der Waals surface area contributed by atoms with E-state index >= 15 is 0 Å². The zero-order valence-electron chi connectivity index (χ0n) is 11.3. The molecule has 1 amide bonds. The van der Waals surface area contributed by atoms with Gasteiger partial charge in [-0.2, -0.15) is 0 Å². The second kappa shape index (κ2) is 5.75. The Hall–Kier alpha value is -1.84. The van der Waals surface area contributed by atoms with Gasteiger partial charge in [0.15, 0.2) is 6.61 Å². The maximum absolute atomic E-state index is 12.3. The molecule has 8 nitrogen and oxygen atoms in total. The van der Waals surface area contributed by atoms with Crippen LogP contribution in [0.25, 0.3) is 0 Å². The number of benzene rings is 1. The average molecular weight is 346 g/mol. The predicted octanol–water partition coefficient (Wildman–Crippen LogP) is 0.726. The molecule has 22 heavy (non-hydrogen) atoms. The Morgan fingerprint density at radius 2 is 2.23 bits per heavy atom. The molecule has 0 atom stereocenters. The van der Waals surface area contributed by atoms with Crippen LogP contribution in [-0.2, 0) is 19.7 Å². The number of nitrogens with zero attached hydrogens (tertiary/aromatic N) is 1.